The van der Waals surface area contributed by atoms with Crippen LogP contribution in [0.15, 0.2) is 30.3 Å². The van der Waals surface area contributed by atoms with Gasteiger partial charge in [-0.1, -0.05) is 56.0 Å². The second kappa shape index (κ2) is 7.06. The lowest BCUT2D eigenvalue weighted by atomic mass is 9.88. The predicted molar refractivity (Wildman–Crippen MR) is 82.3 cm³/mol. The number of nitrogens with two attached hydrogens (primary N) is 1. The first-order chi connectivity index (χ1) is 9.27. The molecule has 0 spiro atoms. The Morgan fingerprint density at radius 1 is 1.05 bits per heavy atom. The first kappa shape index (κ1) is 14.5. The molecule has 2 N–H and O–H groups in total. The van der Waals surface area contributed by atoms with Crippen LogP contribution in [0.2, 0.25) is 0 Å². The smallest absolute Gasteiger partial charge is 0.0328 e. The van der Waals surface area contributed by atoms with Gasteiger partial charge in [0.15, 0.2) is 0 Å². The summed E-state index contributed by atoms with van der Waals surface area (Å²) in [5.41, 5.74) is 7.82. The molecule has 0 radical (unpaired) electrons. The molecule has 0 atom stereocenters. The molecule has 0 amide bonds. The lowest BCUT2D eigenvalue weighted by molar-refractivity contribution is 0.109. The van der Waals surface area contributed by atoms with Crippen LogP contribution < -0.4 is 5.73 Å². The van der Waals surface area contributed by atoms with Gasteiger partial charge in [0, 0.05) is 18.6 Å². The van der Waals surface area contributed by atoms with E-state index in [4.69, 9.17) is 5.73 Å². The Hall–Kier alpha value is -0.860. The molecular formula is C17H28N2. The molecule has 1 aromatic rings. The molecule has 2 nitrogen and oxygen atoms in total. The van der Waals surface area contributed by atoms with Crippen LogP contribution in [0.25, 0.3) is 0 Å². The summed E-state index contributed by atoms with van der Waals surface area (Å²) in [6.07, 6.45) is 9.12. The molecule has 1 aliphatic rings. The molecular weight excluding hydrogens is 232 g/mol. The number of benzene rings is 1. The van der Waals surface area contributed by atoms with E-state index in [0.29, 0.717) is 0 Å². The van der Waals surface area contributed by atoms with Crippen LogP contribution in [-0.2, 0) is 6.42 Å². The second-order valence-electron chi connectivity index (χ2n) is 6.00. The molecule has 1 fully saturated rings. The molecule has 1 saturated carbocycles. The van der Waals surface area contributed by atoms with Gasteiger partial charge in [-0.05, 0) is 31.9 Å². The number of hydrogen-bond acceptors (Lipinski definition) is 2. The van der Waals surface area contributed by atoms with Gasteiger partial charge in [0.25, 0.3) is 0 Å². The van der Waals surface area contributed by atoms with Gasteiger partial charge in [0.2, 0.25) is 0 Å². The van der Waals surface area contributed by atoms with Gasteiger partial charge in [-0.25, -0.2) is 0 Å². The van der Waals surface area contributed by atoms with Crippen molar-refractivity contribution in [2.24, 2.45) is 5.73 Å². The summed E-state index contributed by atoms with van der Waals surface area (Å²) in [7, 11) is 2.26. The lowest BCUT2D eigenvalue weighted by Crippen LogP contribution is -2.52. The fourth-order valence-electron chi connectivity index (χ4n) is 3.31. The number of hydrogen-bond donors (Lipinski definition) is 1. The summed E-state index contributed by atoms with van der Waals surface area (Å²) in [5, 5.41) is 0. The Bertz CT molecular complexity index is 353. The van der Waals surface area contributed by atoms with Crippen molar-refractivity contribution >= 4 is 0 Å². The van der Waals surface area contributed by atoms with Crippen molar-refractivity contribution < 1.29 is 0 Å². The van der Waals surface area contributed by atoms with Gasteiger partial charge in [0.05, 0.1) is 0 Å². The Balaban J connectivity index is 1.94. The average molecular weight is 260 g/mol. The Morgan fingerprint density at radius 2 is 1.68 bits per heavy atom. The molecule has 0 aromatic heterocycles. The highest BCUT2D eigenvalue weighted by Gasteiger charge is 2.33. The van der Waals surface area contributed by atoms with Gasteiger partial charge in [-0.2, -0.15) is 0 Å². The van der Waals surface area contributed by atoms with Crippen molar-refractivity contribution in [2.45, 2.75) is 50.5 Å². The van der Waals surface area contributed by atoms with Gasteiger partial charge in [0.1, 0.15) is 0 Å². The molecule has 2 heteroatoms. The van der Waals surface area contributed by atoms with Gasteiger partial charge < -0.3 is 5.73 Å². The van der Waals surface area contributed by atoms with Crippen molar-refractivity contribution in [3.8, 4) is 0 Å². The summed E-state index contributed by atoms with van der Waals surface area (Å²) in [6, 6.07) is 10.8. The first-order valence-electron chi connectivity index (χ1n) is 7.72. The minimum Gasteiger partial charge on any atom is -0.329 e. The van der Waals surface area contributed by atoms with Crippen molar-refractivity contribution in [2.75, 3.05) is 20.1 Å². The standard InChI is InChI=1S/C17H28N2/c1-19(14-11-16-9-5-4-6-10-16)17(15-18)12-7-2-3-8-13-17/h4-6,9-10H,2-3,7-8,11-15,18H2,1H3. The predicted octanol–water partition coefficient (Wildman–Crippen LogP) is 3.21. The van der Waals surface area contributed by atoms with Gasteiger partial charge >= 0.3 is 0 Å². The topological polar surface area (TPSA) is 29.3 Å². The maximum absolute atomic E-state index is 6.14. The molecule has 0 aliphatic heterocycles. The van der Waals surface area contributed by atoms with E-state index in [9.17, 15) is 0 Å². The molecule has 0 bridgehead atoms. The normalized spacial score (nSPS) is 19.3. The fourth-order valence-corrected chi connectivity index (χ4v) is 3.31. The summed E-state index contributed by atoms with van der Waals surface area (Å²) in [5.74, 6) is 0. The molecule has 106 valence electrons. The summed E-state index contributed by atoms with van der Waals surface area (Å²) < 4.78 is 0. The zero-order valence-electron chi connectivity index (χ0n) is 12.3. The van der Waals surface area contributed by atoms with Crippen LogP contribution in [-0.4, -0.2) is 30.6 Å². The summed E-state index contributed by atoms with van der Waals surface area (Å²) >= 11 is 0. The van der Waals surface area contributed by atoms with Crippen molar-refractivity contribution in [1.29, 1.82) is 0 Å². The monoisotopic (exact) mass is 260 g/mol. The van der Waals surface area contributed by atoms with E-state index >= 15 is 0 Å². The third-order valence-electron chi connectivity index (χ3n) is 4.80. The number of likely N-dealkylation sites (N-methyl/N-ethyl adjacent to an activating group) is 1. The van der Waals surface area contributed by atoms with Crippen molar-refractivity contribution in [1.82, 2.24) is 4.90 Å². The highest BCUT2D eigenvalue weighted by Crippen LogP contribution is 2.31. The summed E-state index contributed by atoms with van der Waals surface area (Å²) in [4.78, 5) is 2.53. The zero-order valence-corrected chi connectivity index (χ0v) is 12.3. The van der Waals surface area contributed by atoms with E-state index in [-0.39, 0.29) is 5.54 Å². The average Bonchev–Trinajstić information content (AvgIpc) is 2.72. The fraction of sp³-hybridized carbons (Fsp3) is 0.647. The van der Waals surface area contributed by atoms with E-state index in [2.05, 4.69) is 42.3 Å². The van der Waals surface area contributed by atoms with Crippen molar-refractivity contribution in [3.63, 3.8) is 0 Å². The minimum absolute atomic E-state index is 0.255. The van der Waals surface area contributed by atoms with Crippen molar-refractivity contribution in [3.05, 3.63) is 35.9 Å². The molecule has 0 heterocycles. The quantitative estimate of drug-likeness (QED) is 0.824. The van der Waals surface area contributed by atoms with Gasteiger partial charge in [-0.15, -0.1) is 0 Å². The number of rotatable bonds is 5. The third-order valence-corrected chi connectivity index (χ3v) is 4.80. The van der Waals surface area contributed by atoms with Crippen LogP contribution >= 0.6 is 0 Å². The molecule has 1 aliphatic carbocycles. The molecule has 19 heavy (non-hydrogen) atoms. The SMILES string of the molecule is CN(CCc1ccccc1)C1(CN)CCCCCC1. The summed E-state index contributed by atoms with van der Waals surface area (Å²) in [6.45, 7) is 1.92. The van der Waals surface area contributed by atoms with E-state index in [1.807, 2.05) is 0 Å². The maximum atomic E-state index is 6.14. The lowest BCUT2D eigenvalue weighted by Gasteiger charge is -2.41. The second-order valence-corrected chi connectivity index (χ2v) is 6.00. The molecule has 0 saturated heterocycles. The van der Waals surface area contributed by atoms with Crippen LogP contribution in [0.3, 0.4) is 0 Å². The highest BCUT2D eigenvalue weighted by atomic mass is 15.2. The van der Waals surface area contributed by atoms with Crippen LogP contribution in [0, 0.1) is 0 Å². The molecule has 1 aromatic carbocycles. The number of nitrogens with zero attached hydrogens (tertiary/aromatic N) is 1. The molecule has 0 unspecified atom stereocenters. The van der Waals surface area contributed by atoms with Crippen LogP contribution in [0.1, 0.15) is 44.1 Å². The van der Waals surface area contributed by atoms with Gasteiger partial charge in [-0.3, -0.25) is 4.90 Å². The van der Waals surface area contributed by atoms with Crippen LogP contribution in [0.5, 0.6) is 0 Å². The third kappa shape index (κ3) is 3.80. The van der Waals surface area contributed by atoms with Crippen LogP contribution in [0.4, 0.5) is 0 Å². The van der Waals surface area contributed by atoms with E-state index in [1.54, 1.807) is 0 Å². The van der Waals surface area contributed by atoms with E-state index in [1.165, 1.54) is 44.1 Å². The van der Waals surface area contributed by atoms with E-state index < -0.39 is 0 Å². The maximum Gasteiger partial charge on any atom is 0.0328 e. The van der Waals surface area contributed by atoms with E-state index in [0.717, 1.165) is 19.5 Å². The Kier molecular flexibility index (Phi) is 5.41. The minimum atomic E-state index is 0.255. The first-order valence-corrected chi connectivity index (χ1v) is 7.72. The Labute approximate surface area is 118 Å². The largest absolute Gasteiger partial charge is 0.329 e. The zero-order chi connectivity index (χ0) is 13.6. The highest BCUT2D eigenvalue weighted by molar-refractivity contribution is 5.15. The molecule has 2 rings (SSSR count). The Morgan fingerprint density at radius 3 is 2.26 bits per heavy atom.